The SMILES string of the molecule is CCN(Cc1ccccc1)C(=O)[C@H](C)OC[C@@H]1CCCO1. The fourth-order valence-electron chi connectivity index (χ4n) is 2.51. The summed E-state index contributed by atoms with van der Waals surface area (Å²) in [5, 5.41) is 0. The molecule has 116 valence electrons. The van der Waals surface area contributed by atoms with Crippen LogP contribution >= 0.6 is 0 Å². The van der Waals surface area contributed by atoms with Crippen LogP contribution in [0.15, 0.2) is 30.3 Å². The third-order valence-corrected chi connectivity index (χ3v) is 3.81. The predicted octanol–water partition coefficient (Wildman–Crippen LogP) is 2.62. The van der Waals surface area contributed by atoms with E-state index in [2.05, 4.69) is 0 Å². The van der Waals surface area contributed by atoms with E-state index in [0.717, 1.165) is 25.0 Å². The molecule has 0 radical (unpaired) electrons. The van der Waals surface area contributed by atoms with E-state index < -0.39 is 6.10 Å². The van der Waals surface area contributed by atoms with Gasteiger partial charge in [-0.2, -0.15) is 0 Å². The highest BCUT2D eigenvalue weighted by molar-refractivity contribution is 5.80. The number of carbonyl (C=O) groups excluding carboxylic acids is 1. The van der Waals surface area contributed by atoms with Gasteiger partial charge in [-0.05, 0) is 32.3 Å². The second kappa shape index (κ2) is 8.15. The minimum absolute atomic E-state index is 0.0411. The Bertz CT molecular complexity index is 429. The maximum absolute atomic E-state index is 12.4. The van der Waals surface area contributed by atoms with Crippen LogP contribution in [0.25, 0.3) is 0 Å². The van der Waals surface area contributed by atoms with Crippen molar-refractivity contribution < 1.29 is 14.3 Å². The fourth-order valence-corrected chi connectivity index (χ4v) is 2.51. The summed E-state index contributed by atoms with van der Waals surface area (Å²) in [6, 6.07) is 10.0. The Hall–Kier alpha value is -1.39. The minimum atomic E-state index is -0.419. The van der Waals surface area contributed by atoms with E-state index in [1.807, 2.05) is 49.1 Å². The van der Waals surface area contributed by atoms with E-state index >= 15 is 0 Å². The molecule has 1 fully saturated rings. The van der Waals surface area contributed by atoms with E-state index in [0.29, 0.717) is 19.7 Å². The molecule has 1 amide bonds. The molecule has 21 heavy (non-hydrogen) atoms. The molecular formula is C17H25NO3. The summed E-state index contributed by atoms with van der Waals surface area (Å²) in [6.45, 7) is 6.45. The predicted molar refractivity (Wildman–Crippen MR) is 81.9 cm³/mol. The van der Waals surface area contributed by atoms with Crippen LogP contribution < -0.4 is 0 Å². The molecule has 1 aliphatic heterocycles. The number of nitrogens with zero attached hydrogens (tertiary/aromatic N) is 1. The van der Waals surface area contributed by atoms with Crippen molar-refractivity contribution in [2.75, 3.05) is 19.8 Å². The third-order valence-electron chi connectivity index (χ3n) is 3.81. The molecule has 2 atom stereocenters. The number of hydrogen-bond donors (Lipinski definition) is 0. The Balaban J connectivity index is 1.83. The second-order valence-electron chi connectivity index (χ2n) is 5.45. The zero-order valence-electron chi connectivity index (χ0n) is 13.0. The van der Waals surface area contributed by atoms with E-state index in [9.17, 15) is 4.79 Å². The summed E-state index contributed by atoms with van der Waals surface area (Å²) in [6.07, 6.45) is 1.86. The number of benzene rings is 1. The third kappa shape index (κ3) is 4.83. The van der Waals surface area contributed by atoms with Crippen molar-refractivity contribution >= 4 is 5.91 Å². The largest absolute Gasteiger partial charge is 0.376 e. The summed E-state index contributed by atoms with van der Waals surface area (Å²) in [7, 11) is 0. The Labute approximate surface area is 127 Å². The van der Waals surface area contributed by atoms with Gasteiger partial charge in [0.1, 0.15) is 6.10 Å². The molecule has 0 unspecified atom stereocenters. The lowest BCUT2D eigenvalue weighted by Gasteiger charge is -2.25. The van der Waals surface area contributed by atoms with Crippen LogP contribution in [0, 0.1) is 0 Å². The number of ether oxygens (including phenoxy) is 2. The maximum atomic E-state index is 12.4. The summed E-state index contributed by atoms with van der Waals surface area (Å²) in [5.41, 5.74) is 1.14. The summed E-state index contributed by atoms with van der Waals surface area (Å²) < 4.78 is 11.2. The molecule has 1 aromatic rings. The van der Waals surface area contributed by atoms with Crippen molar-refractivity contribution in [3.05, 3.63) is 35.9 Å². The normalized spacial score (nSPS) is 19.4. The monoisotopic (exact) mass is 291 g/mol. The van der Waals surface area contributed by atoms with Crippen LogP contribution in [0.2, 0.25) is 0 Å². The molecule has 1 aromatic carbocycles. The van der Waals surface area contributed by atoms with Gasteiger partial charge in [-0.15, -0.1) is 0 Å². The van der Waals surface area contributed by atoms with Gasteiger partial charge in [0.25, 0.3) is 5.91 Å². The second-order valence-corrected chi connectivity index (χ2v) is 5.45. The van der Waals surface area contributed by atoms with Crippen molar-refractivity contribution in [3.63, 3.8) is 0 Å². The molecule has 2 rings (SSSR count). The first-order valence-electron chi connectivity index (χ1n) is 7.76. The average Bonchev–Trinajstić information content (AvgIpc) is 3.04. The number of amides is 1. The molecule has 0 saturated carbocycles. The van der Waals surface area contributed by atoms with Crippen LogP contribution in [-0.4, -0.2) is 42.8 Å². The first-order valence-corrected chi connectivity index (χ1v) is 7.76. The topological polar surface area (TPSA) is 38.8 Å². The Morgan fingerprint density at radius 3 is 2.81 bits per heavy atom. The quantitative estimate of drug-likeness (QED) is 0.775. The highest BCUT2D eigenvalue weighted by Crippen LogP contribution is 2.14. The number of carbonyl (C=O) groups is 1. The Kier molecular flexibility index (Phi) is 6.21. The molecular weight excluding hydrogens is 266 g/mol. The highest BCUT2D eigenvalue weighted by atomic mass is 16.5. The van der Waals surface area contributed by atoms with Gasteiger partial charge in [0, 0.05) is 19.7 Å². The minimum Gasteiger partial charge on any atom is -0.376 e. The fraction of sp³-hybridized carbons (Fsp3) is 0.588. The van der Waals surface area contributed by atoms with Gasteiger partial charge in [-0.3, -0.25) is 4.79 Å². The van der Waals surface area contributed by atoms with Crippen molar-refractivity contribution in [1.82, 2.24) is 4.90 Å². The van der Waals surface area contributed by atoms with Crippen LogP contribution in [0.5, 0.6) is 0 Å². The zero-order valence-corrected chi connectivity index (χ0v) is 13.0. The molecule has 0 spiro atoms. The van der Waals surface area contributed by atoms with E-state index in [-0.39, 0.29) is 12.0 Å². The lowest BCUT2D eigenvalue weighted by atomic mass is 10.2. The zero-order chi connectivity index (χ0) is 15.1. The number of likely N-dealkylation sites (N-methyl/N-ethyl adjacent to an activating group) is 1. The molecule has 1 aliphatic rings. The van der Waals surface area contributed by atoms with Crippen LogP contribution in [0.4, 0.5) is 0 Å². The molecule has 0 aliphatic carbocycles. The Morgan fingerprint density at radius 1 is 1.43 bits per heavy atom. The van der Waals surface area contributed by atoms with E-state index in [1.165, 1.54) is 0 Å². The molecule has 1 heterocycles. The van der Waals surface area contributed by atoms with E-state index in [4.69, 9.17) is 9.47 Å². The summed E-state index contributed by atoms with van der Waals surface area (Å²) in [4.78, 5) is 14.3. The molecule has 0 aromatic heterocycles. The lowest BCUT2D eigenvalue weighted by molar-refractivity contribution is -0.145. The van der Waals surface area contributed by atoms with Gasteiger partial charge in [0.05, 0.1) is 12.7 Å². The molecule has 4 heteroatoms. The molecule has 0 N–H and O–H groups in total. The maximum Gasteiger partial charge on any atom is 0.251 e. The van der Waals surface area contributed by atoms with Gasteiger partial charge in [0.15, 0.2) is 0 Å². The van der Waals surface area contributed by atoms with Gasteiger partial charge in [-0.25, -0.2) is 0 Å². The van der Waals surface area contributed by atoms with E-state index in [1.54, 1.807) is 0 Å². The van der Waals surface area contributed by atoms with Crippen LogP contribution in [-0.2, 0) is 20.8 Å². The number of rotatable bonds is 7. The lowest BCUT2D eigenvalue weighted by Crippen LogP contribution is -2.39. The van der Waals surface area contributed by atoms with Gasteiger partial charge < -0.3 is 14.4 Å². The van der Waals surface area contributed by atoms with Gasteiger partial charge in [0.2, 0.25) is 0 Å². The summed E-state index contributed by atoms with van der Waals surface area (Å²) >= 11 is 0. The average molecular weight is 291 g/mol. The van der Waals surface area contributed by atoms with Crippen LogP contribution in [0.3, 0.4) is 0 Å². The first kappa shape index (κ1) is 16.0. The Morgan fingerprint density at radius 2 is 2.19 bits per heavy atom. The van der Waals surface area contributed by atoms with Crippen LogP contribution in [0.1, 0.15) is 32.3 Å². The standard InChI is InChI=1S/C17H25NO3/c1-3-18(12-15-8-5-4-6-9-15)17(19)14(2)21-13-16-10-7-11-20-16/h4-6,8-9,14,16H,3,7,10-13H2,1-2H3/t14-,16-/m0/s1. The smallest absolute Gasteiger partial charge is 0.251 e. The van der Waals surface area contributed by atoms with Crippen molar-refractivity contribution in [2.45, 2.75) is 45.4 Å². The highest BCUT2D eigenvalue weighted by Gasteiger charge is 2.23. The van der Waals surface area contributed by atoms with Gasteiger partial charge in [-0.1, -0.05) is 30.3 Å². The number of hydrogen-bond acceptors (Lipinski definition) is 3. The molecule has 1 saturated heterocycles. The molecule has 0 bridgehead atoms. The summed E-state index contributed by atoms with van der Waals surface area (Å²) in [5.74, 6) is 0.0411. The van der Waals surface area contributed by atoms with Gasteiger partial charge >= 0.3 is 0 Å². The first-order chi connectivity index (χ1) is 10.2. The van der Waals surface area contributed by atoms with Crippen molar-refractivity contribution in [1.29, 1.82) is 0 Å². The van der Waals surface area contributed by atoms with Crippen molar-refractivity contribution in [2.24, 2.45) is 0 Å². The molecule has 4 nitrogen and oxygen atoms in total. The van der Waals surface area contributed by atoms with Crippen molar-refractivity contribution in [3.8, 4) is 0 Å².